The Kier molecular flexibility index (Phi) is 6.09. The van der Waals surface area contributed by atoms with Crippen LogP contribution in [0.5, 0.6) is 0 Å². The van der Waals surface area contributed by atoms with E-state index in [0.717, 1.165) is 18.4 Å². The molecule has 0 aromatic heterocycles. The van der Waals surface area contributed by atoms with E-state index in [2.05, 4.69) is 0 Å². The van der Waals surface area contributed by atoms with Crippen LogP contribution < -0.4 is 5.73 Å². The molecule has 0 spiro atoms. The van der Waals surface area contributed by atoms with E-state index in [1.807, 2.05) is 18.4 Å². The number of rotatable bonds is 7. The summed E-state index contributed by atoms with van der Waals surface area (Å²) in [7, 11) is 0. The summed E-state index contributed by atoms with van der Waals surface area (Å²) in [6.07, 6.45) is 4.27. The van der Waals surface area contributed by atoms with Crippen molar-refractivity contribution in [1.82, 2.24) is 0 Å². The first-order valence-electron chi connectivity index (χ1n) is 6.36. The van der Waals surface area contributed by atoms with E-state index in [0.29, 0.717) is 22.9 Å². The van der Waals surface area contributed by atoms with Crippen molar-refractivity contribution in [2.24, 2.45) is 0 Å². The van der Waals surface area contributed by atoms with Crippen LogP contribution in [0.25, 0.3) is 0 Å². The molecular formula is C15H21NO2S. The molecule has 4 heteroatoms. The first-order chi connectivity index (χ1) is 8.95. The highest BCUT2D eigenvalue weighted by Crippen LogP contribution is 2.25. The first kappa shape index (κ1) is 15.8. The smallest absolute Gasteiger partial charge is 0.161 e. The van der Waals surface area contributed by atoms with E-state index in [4.69, 9.17) is 5.73 Å². The van der Waals surface area contributed by atoms with Gasteiger partial charge in [-0.1, -0.05) is 12.1 Å². The van der Waals surface area contributed by atoms with Gasteiger partial charge in [0.15, 0.2) is 5.78 Å². The van der Waals surface area contributed by atoms with E-state index in [1.165, 1.54) is 6.92 Å². The third-order valence-electron chi connectivity index (χ3n) is 3.18. The van der Waals surface area contributed by atoms with E-state index >= 15 is 0 Å². The van der Waals surface area contributed by atoms with Gasteiger partial charge in [-0.2, -0.15) is 11.8 Å². The Hall–Kier alpha value is -1.29. The number of thioether (sulfide) groups is 1. The van der Waals surface area contributed by atoms with Crippen LogP contribution in [0, 0.1) is 0 Å². The van der Waals surface area contributed by atoms with Crippen LogP contribution in [0.3, 0.4) is 0 Å². The van der Waals surface area contributed by atoms with Crippen LogP contribution in [0.2, 0.25) is 0 Å². The number of hydrogen-bond acceptors (Lipinski definition) is 4. The summed E-state index contributed by atoms with van der Waals surface area (Å²) in [5, 5.41) is 0.355. The summed E-state index contributed by atoms with van der Waals surface area (Å²) in [6, 6.07) is 5.58. The fraction of sp³-hybridized carbons (Fsp3) is 0.467. The largest absolute Gasteiger partial charge is 0.398 e. The van der Waals surface area contributed by atoms with Gasteiger partial charge in [0.2, 0.25) is 0 Å². The average Bonchev–Trinajstić information content (AvgIpc) is 2.35. The fourth-order valence-corrected chi connectivity index (χ4v) is 2.71. The lowest BCUT2D eigenvalue weighted by Crippen LogP contribution is -2.12. The Bertz CT molecular complexity index is 471. The molecule has 104 valence electrons. The Balaban J connectivity index is 2.82. The molecule has 0 bridgehead atoms. The van der Waals surface area contributed by atoms with Crippen LogP contribution >= 0.6 is 11.8 Å². The predicted octanol–water partition coefficient (Wildman–Crippen LogP) is 3.11. The lowest BCUT2D eigenvalue weighted by Gasteiger charge is -2.16. The Labute approximate surface area is 119 Å². The summed E-state index contributed by atoms with van der Waals surface area (Å²) >= 11 is 1.74. The monoisotopic (exact) mass is 279 g/mol. The molecule has 19 heavy (non-hydrogen) atoms. The van der Waals surface area contributed by atoms with Crippen molar-refractivity contribution in [3.05, 3.63) is 29.3 Å². The van der Waals surface area contributed by atoms with Gasteiger partial charge in [-0.05, 0) is 44.6 Å². The van der Waals surface area contributed by atoms with Crippen molar-refractivity contribution >= 4 is 29.0 Å². The van der Waals surface area contributed by atoms with E-state index in [1.54, 1.807) is 24.8 Å². The Morgan fingerprint density at radius 1 is 1.32 bits per heavy atom. The first-order valence-corrected chi connectivity index (χ1v) is 7.65. The predicted molar refractivity (Wildman–Crippen MR) is 81.8 cm³/mol. The number of hydrogen-bond donors (Lipinski definition) is 1. The third-order valence-corrected chi connectivity index (χ3v) is 4.24. The van der Waals surface area contributed by atoms with Gasteiger partial charge < -0.3 is 10.5 Å². The van der Waals surface area contributed by atoms with Crippen molar-refractivity contribution in [3.8, 4) is 0 Å². The molecule has 1 rings (SSSR count). The van der Waals surface area contributed by atoms with Crippen molar-refractivity contribution in [1.29, 1.82) is 0 Å². The van der Waals surface area contributed by atoms with Crippen LogP contribution in [0.15, 0.2) is 18.2 Å². The number of carbonyl (C=O) groups is 2. The summed E-state index contributed by atoms with van der Waals surface area (Å²) in [4.78, 5) is 22.5. The Morgan fingerprint density at radius 3 is 2.53 bits per heavy atom. The molecule has 0 amide bonds. The molecule has 1 aromatic rings. The highest BCUT2D eigenvalue weighted by molar-refractivity contribution is 7.99. The molecule has 3 nitrogen and oxygen atoms in total. The van der Waals surface area contributed by atoms with Gasteiger partial charge in [0, 0.05) is 22.9 Å². The average molecular weight is 279 g/mol. The molecule has 1 unspecified atom stereocenters. The van der Waals surface area contributed by atoms with Gasteiger partial charge >= 0.3 is 0 Å². The van der Waals surface area contributed by atoms with Gasteiger partial charge in [-0.15, -0.1) is 0 Å². The normalized spacial score (nSPS) is 12.2. The van der Waals surface area contributed by atoms with E-state index in [-0.39, 0.29) is 11.6 Å². The zero-order chi connectivity index (χ0) is 14.4. The molecule has 0 heterocycles. The van der Waals surface area contributed by atoms with Crippen LogP contribution in [0.1, 0.15) is 42.6 Å². The second kappa shape index (κ2) is 7.34. The molecule has 0 fully saturated rings. The number of anilines is 1. The molecule has 0 aliphatic carbocycles. The highest BCUT2D eigenvalue weighted by Gasteiger charge is 2.14. The van der Waals surface area contributed by atoms with Crippen molar-refractivity contribution in [3.63, 3.8) is 0 Å². The van der Waals surface area contributed by atoms with Gasteiger partial charge in [0.1, 0.15) is 5.78 Å². The van der Waals surface area contributed by atoms with E-state index in [9.17, 15) is 9.59 Å². The second-order valence-corrected chi connectivity index (χ2v) is 5.88. The lowest BCUT2D eigenvalue weighted by atomic mass is 9.99. The molecular weight excluding hydrogens is 258 g/mol. The molecule has 1 aromatic carbocycles. The van der Waals surface area contributed by atoms with E-state index < -0.39 is 0 Å². The quantitative estimate of drug-likeness (QED) is 0.615. The topological polar surface area (TPSA) is 60.2 Å². The minimum Gasteiger partial charge on any atom is -0.398 e. The van der Waals surface area contributed by atoms with Gasteiger partial charge in [-0.3, -0.25) is 4.79 Å². The SMILES string of the molecule is CSC(CCC(C)=O)Cc1cccc(C(C)=O)c1N. The van der Waals surface area contributed by atoms with Gasteiger partial charge in [0.25, 0.3) is 0 Å². The minimum atomic E-state index is -0.0104. The maximum absolute atomic E-state index is 11.5. The zero-order valence-corrected chi connectivity index (χ0v) is 12.5. The van der Waals surface area contributed by atoms with Gasteiger partial charge in [0.05, 0.1) is 0 Å². The number of ketones is 2. The van der Waals surface area contributed by atoms with Gasteiger partial charge in [-0.25, -0.2) is 0 Å². The van der Waals surface area contributed by atoms with Crippen molar-refractivity contribution in [2.75, 3.05) is 12.0 Å². The van der Waals surface area contributed by atoms with Crippen LogP contribution in [0.4, 0.5) is 5.69 Å². The summed E-state index contributed by atoms with van der Waals surface area (Å²) in [6.45, 7) is 3.14. The molecule has 2 N–H and O–H groups in total. The highest BCUT2D eigenvalue weighted by atomic mass is 32.2. The number of nitrogens with two attached hydrogens (primary N) is 1. The van der Waals surface area contributed by atoms with Crippen molar-refractivity contribution in [2.45, 2.75) is 38.4 Å². The molecule has 0 saturated heterocycles. The van der Waals surface area contributed by atoms with Crippen molar-refractivity contribution < 1.29 is 9.59 Å². The molecule has 0 saturated carbocycles. The molecule has 0 aliphatic heterocycles. The number of nitrogen functional groups attached to an aromatic ring is 1. The standard InChI is InChI=1S/C15H21NO2S/c1-10(17)7-8-13(19-3)9-12-5-4-6-14(11(2)18)15(12)16/h4-6,13H,7-9,16H2,1-3H3. The van der Waals surface area contributed by atoms with Crippen LogP contribution in [-0.2, 0) is 11.2 Å². The summed E-state index contributed by atoms with van der Waals surface area (Å²) in [5.74, 6) is 0.202. The lowest BCUT2D eigenvalue weighted by molar-refractivity contribution is -0.117. The second-order valence-electron chi connectivity index (χ2n) is 4.74. The molecule has 0 radical (unpaired) electrons. The Morgan fingerprint density at radius 2 is 2.00 bits per heavy atom. The minimum absolute atomic E-state index is 0.0104. The maximum Gasteiger partial charge on any atom is 0.161 e. The number of carbonyl (C=O) groups excluding carboxylic acids is 2. The maximum atomic E-state index is 11.5. The number of Topliss-reactive ketones (excluding diaryl/α,β-unsaturated/α-hetero) is 2. The number of para-hydroxylation sites is 1. The molecule has 1 atom stereocenters. The van der Waals surface area contributed by atoms with Crippen LogP contribution in [-0.4, -0.2) is 23.1 Å². The zero-order valence-electron chi connectivity index (χ0n) is 11.7. The number of benzene rings is 1. The molecule has 0 aliphatic rings. The summed E-state index contributed by atoms with van der Waals surface area (Å²) < 4.78 is 0. The third kappa shape index (κ3) is 4.71. The summed E-state index contributed by atoms with van der Waals surface area (Å²) in [5.41, 5.74) is 8.21. The fourth-order valence-electron chi connectivity index (χ4n) is 2.01.